The minimum absolute atomic E-state index is 0.103. The van der Waals surface area contributed by atoms with Gasteiger partial charge in [0.15, 0.2) is 0 Å². The first-order chi connectivity index (χ1) is 12.8. The average molecular weight is 396 g/mol. The first-order valence-electron chi connectivity index (χ1n) is 7.89. The van der Waals surface area contributed by atoms with Crippen LogP contribution in [0, 0.1) is 0 Å². The minimum Gasteiger partial charge on any atom is -0.497 e. The Bertz CT molecular complexity index is 869. The highest BCUT2D eigenvalue weighted by Crippen LogP contribution is 2.40. The van der Waals surface area contributed by atoms with E-state index in [1.807, 2.05) is 0 Å². The molecule has 2 aromatic carbocycles. The summed E-state index contributed by atoms with van der Waals surface area (Å²) in [6, 6.07) is 9.86. The molecule has 1 aliphatic heterocycles. The molecular formula is C18H15F3N2O3S. The molecule has 1 heterocycles. The van der Waals surface area contributed by atoms with Crippen molar-refractivity contribution in [1.82, 2.24) is 0 Å². The molecule has 0 saturated carbocycles. The van der Waals surface area contributed by atoms with Gasteiger partial charge in [-0.3, -0.25) is 9.59 Å². The van der Waals surface area contributed by atoms with E-state index in [9.17, 15) is 22.8 Å². The van der Waals surface area contributed by atoms with Gasteiger partial charge in [-0.2, -0.15) is 13.2 Å². The van der Waals surface area contributed by atoms with Crippen molar-refractivity contribution in [1.29, 1.82) is 0 Å². The lowest BCUT2D eigenvalue weighted by atomic mass is 10.1. The van der Waals surface area contributed by atoms with Gasteiger partial charge in [-0.1, -0.05) is 0 Å². The third-order valence-corrected chi connectivity index (χ3v) is 5.15. The first-order valence-corrected chi connectivity index (χ1v) is 8.77. The minimum atomic E-state index is -4.49. The van der Waals surface area contributed by atoms with Crippen LogP contribution in [0.1, 0.15) is 12.0 Å². The molecule has 27 heavy (non-hydrogen) atoms. The number of anilines is 2. The van der Waals surface area contributed by atoms with Crippen molar-refractivity contribution in [3.63, 3.8) is 0 Å². The van der Waals surface area contributed by atoms with Crippen molar-refractivity contribution in [2.24, 2.45) is 0 Å². The molecule has 0 bridgehead atoms. The number of carbonyl (C=O) groups is 2. The fourth-order valence-electron chi connectivity index (χ4n) is 2.52. The van der Waals surface area contributed by atoms with Gasteiger partial charge >= 0.3 is 6.18 Å². The molecule has 1 atom stereocenters. The Morgan fingerprint density at radius 2 is 1.93 bits per heavy atom. The molecular weight excluding hydrogens is 381 g/mol. The van der Waals surface area contributed by atoms with E-state index >= 15 is 0 Å². The van der Waals surface area contributed by atoms with E-state index in [2.05, 4.69) is 10.6 Å². The fourth-order valence-corrected chi connectivity index (χ4v) is 3.61. The van der Waals surface area contributed by atoms with Crippen molar-refractivity contribution in [3.8, 4) is 5.75 Å². The number of rotatable bonds is 4. The lowest BCUT2D eigenvalue weighted by molar-refractivity contribution is -0.137. The van der Waals surface area contributed by atoms with Crippen LogP contribution in [-0.4, -0.2) is 24.2 Å². The van der Waals surface area contributed by atoms with Gasteiger partial charge in [0.1, 0.15) is 5.75 Å². The number of methoxy groups -OCH3 is 1. The van der Waals surface area contributed by atoms with Gasteiger partial charge < -0.3 is 15.4 Å². The molecule has 0 aliphatic carbocycles. The highest BCUT2D eigenvalue weighted by Gasteiger charge is 2.34. The van der Waals surface area contributed by atoms with Gasteiger partial charge in [-0.25, -0.2) is 0 Å². The molecule has 0 saturated heterocycles. The van der Waals surface area contributed by atoms with E-state index in [-0.39, 0.29) is 18.0 Å². The van der Waals surface area contributed by atoms with E-state index in [1.54, 1.807) is 24.3 Å². The van der Waals surface area contributed by atoms with Crippen molar-refractivity contribution < 1.29 is 27.5 Å². The van der Waals surface area contributed by atoms with Crippen LogP contribution < -0.4 is 15.4 Å². The molecule has 5 nitrogen and oxygen atoms in total. The van der Waals surface area contributed by atoms with Gasteiger partial charge in [0, 0.05) is 17.0 Å². The number of hydrogen-bond donors (Lipinski definition) is 2. The maximum atomic E-state index is 12.8. The Balaban J connectivity index is 1.66. The maximum absolute atomic E-state index is 12.8. The summed E-state index contributed by atoms with van der Waals surface area (Å²) in [5.74, 6) is -0.232. The average Bonchev–Trinajstić information content (AvgIpc) is 2.61. The Hall–Kier alpha value is -2.68. The van der Waals surface area contributed by atoms with Crippen LogP contribution in [0.2, 0.25) is 0 Å². The van der Waals surface area contributed by atoms with E-state index in [0.717, 1.165) is 23.9 Å². The lowest BCUT2D eigenvalue weighted by Crippen LogP contribution is -2.32. The summed E-state index contributed by atoms with van der Waals surface area (Å²) in [6.45, 7) is 0. The van der Waals surface area contributed by atoms with Gasteiger partial charge in [-0.05, 0) is 42.5 Å². The Labute approximate surface area is 157 Å². The highest BCUT2D eigenvalue weighted by molar-refractivity contribution is 8.01. The van der Waals surface area contributed by atoms with Crippen molar-refractivity contribution in [2.75, 3.05) is 17.7 Å². The number of alkyl halides is 3. The van der Waals surface area contributed by atoms with Crippen molar-refractivity contribution in [3.05, 3.63) is 48.0 Å². The summed E-state index contributed by atoms with van der Waals surface area (Å²) in [7, 11) is 1.53. The van der Waals surface area contributed by atoms with Crippen molar-refractivity contribution in [2.45, 2.75) is 22.7 Å². The van der Waals surface area contributed by atoms with Gasteiger partial charge in [0.2, 0.25) is 11.8 Å². The number of ether oxygens (including phenoxy) is 1. The molecule has 9 heteroatoms. The number of fused-ring (bicyclic) bond motifs is 1. The van der Waals surface area contributed by atoms with Crippen LogP contribution in [0.25, 0.3) is 0 Å². The van der Waals surface area contributed by atoms with Crippen LogP contribution in [0.15, 0.2) is 47.4 Å². The summed E-state index contributed by atoms with van der Waals surface area (Å²) < 4.78 is 43.4. The Kier molecular flexibility index (Phi) is 5.31. The number of halogens is 3. The molecule has 0 aromatic heterocycles. The quantitative estimate of drug-likeness (QED) is 0.815. The summed E-state index contributed by atoms with van der Waals surface area (Å²) in [6.07, 6.45) is -4.59. The summed E-state index contributed by atoms with van der Waals surface area (Å²) in [4.78, 5) is 24.9. The number of carbonyl (C=O) groups excluding carboxylic acids is 2. The molecule has 0 radical (unpaired) electrons. The summed E-state index contributed by atoms with van der Waals surface area (Å²) >= 11 is 1.07. The second kappa shape index (κ2) is 7.51. The second-order valence-electron chi connectivity index (χ2n) is 5.79. The monoisotopic (exact) mass is 396 g/mol. The van der Waals surface area contributed by atoms with Crippen LogP contribution in [0.3, 0.4) is 0 Å². The SMILES string of the molecule is COc1ccc(NC(=O)C[C@@H]2Sc3ccc(C(F)(F)F)cc3NC2=O)cc1. The number of nitrogens with one attached hydrogen (secondary N) is 2. The number of amides is 2. The zero-order valence-corrected chi connectivity index (χ0v) is 14.9. The maximum Gasteiger partial charge on any atom is 0.416 e. The molecule has 2 amide bonds. The molecule has 0 fully saturated rings. The third-order valence-electron chi connectivity index (χ3n) is 3.87. The second-order valence-corrected chi connectivity index (χ2v) is 7.03. The summed E-state index contributed by atoms with van der Waals surface area (Å²) in [5.41, 5.74) is -0.179. The van der Waals surface area contributed by atoms with Crippen LogP contribution in [0.5, 0.6) is 5.75 Å². The van der Waals surface area contributed by atoms with Gasteiger partial charge in [-0.15, -0.1) is 11.8 Å². The highest BCUT2D eigenvalue weighted by atomic mass is 32.2. The summed E-state index contributed by atoms with van der Waals surface area (Å²) in [5, 5.41) is 4.40. The molecule has 0 unspecified atom stereocenters. The molecule has 3 rings (SSSR count). The zero-order valence-electron chi connectivity index (χ0n) is 14.1. The number of hydrogen-bond acceptors (Lipinski definition) is 4. The molecule has 2 aromatic rings. The van der Waals surface area contributed by atoms with Crippen LogP contribution in [0.4, 0.5) is 24.5 Å². The van der Waals surface area contributed by atoms with Crippen LogP contribution in [-0.2, 0) is 15.8 Å². The van der Waals surface area contributed by atoms with E-state index in [1.165, 1.54) is 13.2 Å². The van der Waals surface area contributed by atoms with Crippen LogP contribution >= 0.6 is 11.8 Å². The standard InChI is InChI=1S/C18H15F3N2O3S/c1-26-12-5-3-11(4-6-12)22-16(24)9-15-17(25)23-13-8-10(18(19,20)21)2-7-14(13)27-15/h2-8,15H,9H2,1H3,(H,22,24)(H,23,25)/t15-/m0/s1. The molecule has 142 valence electrons. The zero-order chi connectivity index (χ0) is 19.6. The third kappa shape index (κ3) is 4.54. The predicted molar refractivity (Wildman–Crippen MR) is 96.0 cm³/mol. The molecule has 2 N–H and O–H groups in total. The number of benzene rings is 2. The van der Waals surface area contributed by atoms with E-state index in [0.29, 0.717) is 16.3 Å². The largest absolute Gasteiger partial charge is 0.497 e. The van der Waals surface area contributed by atoms with Gasteiger partial charge in [0.25, 0.3) is 0 Å². The lowest BCUT2D eigenvalue weighted by Gasteiger charge is -2.24. The normalized spacial score (nSPS) is 16.3. The van der Waals surface area contributed by atoms with Crippen molar-refractivity contribution >= 4 is 35.0 Å². The smallest absolute Gasteiger partial charge is 0.416 e. The molecule has 1 aliphatic rings. The Morgan fingerprint density at radius 3 is 2.56 bits per heavy atom. The van der Waals surface area contributed by atoms with Gasteiger partial charge in [0.05, 0.1) is 23.6 Å². The first kappa shape index (κ1) is 19.1. The fraction of sp³-hybridized carbons (Fsp3) is 0.222. The van der Waals surface area contributed by atoms with E-state index in [4.69, 9.17) is 4.74 Å². The molecule has 0 spiro atoms. The number of thioether (sulfide) groups is 1. The van der Waals surface area contributed by atoms with E-state index < -0.39 is 22.9 Å². The predicted octanol–water partition coefficient (Wildman–Crippen LogP) is 4.16. The topological polar surface area (TPSA) is 67.4 Å². The Morgan fingerprint density at radius 1 is 1.22 bits per heavy atom.